The van der Waals surface area contributed by atoms with E-state index in [1.165, 1.54) is 0 Å². The van der Waals surface area contributed by atoms with Gasteiger partial charge < -0.3 is 10.5 Å². The molecular formula is C10H15NO2S. The zero-order chi connectivity index (χ0) is 10.6. The number of benzene rings is 1. The van der Waals surface area contributed by atoms with Gasteiger partial charge in [0, 0.05) is 11.4 Å². The second kappa shape index (κ2) is 5.00. The highest BCUT2D eigenvalue weighted by Gasteiger charge is 2.08. The lowest BCUT2D eigenvalue weighted by molar-refractivity contribution is 0.413. The van der Waals surface area contributed by atoms with Crippen LogP contribution in [0, 0.1) is 0 Å². The van der Waals surface area contributed by atoms with Crippen molar-refractivity contribution in [2.45, 2.75) is 18.2 Å². The van der Waals surface area contributed by atoms with Crippen molar-refractivity contribution in [1.29, 1.82) is 0 Å². The summed E-state index contributed by atoms with van der Waals surface area (Å²) in [4.78, 5) is 0.672. The SMILES string of the molecule is CCCS(=O)c1cc(OC)ccc1N. The number of nitrogen functional groups attached to an aromatic ring is 1. The van der Waals surface area contributed by atoms with E-state index >= 15 is 0 Å². The molecular weight excluding hydrogens is 198 g/mol. The third-order valence-electron chi connectivity index (χ3n) is 1.86. The van der Waals surface area contributed by atoms with E-state index in [0.29, 0.717) is 22.1 Å². The minimum absolute atomic E-state index is 0.567. The van der Waals surface area contributed by atoms with Gasteiger partial charge in [-0.1, -0.05) is 6.92 Å². The first kappa shape index (κ1) is 11.0. The number of anilines is 1. The molecule has 14 heavy (non-hydrogen) atoms. The minimum atomic E-state index is -1.01. The molecule has 1 atom stereocenters. The molecule has 0 bridgehead atoms. The van der Waals surface area contributed by atoms with Crippen molar-refractivity contribution in [3.05, 3.63) is 18.2 Å². The lowest BCUT2D eigenvalue weighted by atomic mass is 10.3. The van der Waals surface area contributed by atoms with Crippen LogP contribution in [-0.2, 0) is 10.8 Å². The fourth-order valence-electron chi connectivity index (χ4n) is 1.13. The first-order chi connectivity index (χ1) is 6.69. The molecule has 0 amide bonds. The van der Waals surface area contributed by atoms with Crippen molar-refractivity contribution in [3.63, 3.8) is 0 Å². The van der Waals surface area contributed by atoms with Gasteiger partial charge in [0.25, 0.3) is 0 Å². The van der Waals surface area contributed by atoms with E-state index in [-0.39, 0.29) is 0 Å². The van der Waals surface area contributed by atoms with E-state index < -0.39 is 10.8 Å². The van der Waals surface area contributed by atoms with Gasteiger partial charge in [0.2, 0.25) is 0 Å². The Morgan fingerprint density at radius 1 is 1.50 bits per heavy atom. The molecule has 0 radical (unpaired) electrons. The maximum atomic E-state index is 11.7. The van der Waals surface area contributed by atoms with E-state index in [4.69, 9.17) is 10.5 Å². The summed E-state index contributed by atoms with van der Waals surface area (Å²) in [6.07, 6.45) is 0.878. The summed E-state index contributed by atoms with van der Waals surface area (Å²) in [5.41, 5.74) is 6.29. The molecule has 0 heterocycles. The number of methoxy groups -OCH3 is 1. The van der Waals surface area contributed by atoms with Crippen molar-refractivity contribution in [2.24, 2.45) is 0 Å². The predicted octanol–water partition coefficient (Wildman–Crippen LogP) is 1.79. The highest BCUT2D eigenvalue weighted by molar-refractivity contribution is 7.85. The van der Waals surface area contributed by atoms with E-state index in [2.05, 4.69) is 0 Å². The van der Waals surface area contributed by atoms with Crippen LogP contribution in [0.5, 0.6) is 5.75 Å². The molecule has 3 nitrogen and oxygen atoms in total. The van der Waals surface area contributed by atoms with E-state index in [0.717, 1.165) is 6.42 Å². The number of hydrogen-bond donors (Lipinski definition) is 1. The molecule has 0 aliphatic rings. The van der Waals surface area contributed by atoms with Crippen molar-refractivity contribution in [1.82, 2.24) is 0 Å². The third kappa shape index (κ3) is 2.48. The Bertz CT molecular complexity index is 339. The van der Waals surface area contributed by atoms with Crippen molar-refractivity contribution < 1.29 is 8.95 Å². The Morgan fingerprint density at radius 2 is 2.21 bits per heavy atom. The van der Waals surface area contributed by atoms with Gasteiger partial charge >= 0.3 is 0 Å². The lowest BCUT2D eigenvalue weighted by Gasteiger charge is -2.07. The quantitative estimate of drug-likeness (QED) is 0.776. The van der Waals surface area contributed by atoms with Crippen LogP contribution in [0.3, 0.4) is 0 Å². The summed E-state index contributed by atoms with van der Waals surface area (Å²) >= 11 is 0. The van der Waals surface area contributed by atoms with Crippen LogP contribution in [0.1, 0.15) is 13.3 Å². The summed E-state index contributed by atoms with van der Waals surface area (Å²) in [7, 11) is 0.570. The van der Waals surface area contributed by atoms with Crippen LogP contribution >= 0.6 is 0 Å². The summed E-state index contributed by atoms with van der Waals surface area (Å²) in [6, 6.07) is 5.23. The molecule has 78 valence electrons. The molecule has 1 rings (SSSR count). The highest BCUT2D eigenvalue weighted by Crippen LogP contribution is 2.22. The molecule has 0 saturated carbocycles. The predicted molar refractivity (Wildman–Crippen MR) is 59.0 cm³/mol. The smallest absolute Gasteiger partial charge is 0.120 e. The fraction of sp³-hybridized carbons (Fsp3) is 0.400. The van der Waals surface area contributed by atoms with Gasteiger partial charge in [0.15, 0.2) is 0 Å². The molecule has 1 aromatic rings. The normalized spacial score (nSPS) is 12.4. The van der Waals surface area contributed by atoms with Gasteiger partial charge in [-0.05, 0) is 24.6 Å². The van der Waals surface area contributed by atoms with Gasteiger partial charge in [0.1, 0.15) is 5.75 Å². The second-order valence-electron chi connectivity index (χ2n) is 2.95. The van der Waals surface area contributed by atoms with Gasteiger partial charge in [0.05, 0.1) is 22.8 Å². The maximum absolute atomic E-state index is 11.7. The highest BCUT2D eigenvalue weighted by atomic mass is 32.2. The van der Waals surface area contributed by atoms with Crippen LogP contribution in [0.4, 0.5) is 5.69 Å². The first-order valence-electron chi connectivity index (χ1n) is 4.51. The minimum Gasteiger partial charge on any atom is -0.497 e. The molecule has 4 heteroatoms. The van der Waals surface area contributed by atoms with Gasteiger partial charge in [-0.2, -0.15) is 0 Å². The zero-order valence-electron chi connectivity index (χ0n) is 8.45. The number of rotatable bonds is 4. The van der Waals surface area contributed by atoms with Crippen LogP contribution in [0.2, 0.25) is 0 Å². The van der Waals surface area contributed by atoms with Crippen molar-refractivity contribution >= 4 is 16.5 Å². The Kier molecular flexibility index (Phi) is 3.95. The largest absolute Gasteiger partial charge is 0.497 e. The van der Waals surface area contributed by atoms with E-state index in [1.807, 2.05) is 6.92 Å². The molecule has 1 unspecified atom stereocenters. The average molecular weight is 213 g/mol. The molecule has 0 saturated heterocycles. The van der Waals surface area contributed by atoms with Gasteiger partial charge in [-0.15, -0.1) is 0 Å². The second-order valence-corrected chi connectivity index (χ2v) is 4.49. The molecule has 0 aromatic heterocycles. The van der Waals surface area contributed by atoms with Crippen LogP contribution in [0.15, 0.2) is 23.1 Å². The molecule has 0 spiro atoms. The summed E-state index contributed by atoms with van der Waals surface area (Å²) in [5, 5.41) is 0. The van der Waals surface area contributed by atoms with E-state index in [1.54, 1.807) is 25.3 Å². The number of hydrogen-bond acceptors (Lipinski definition) is 3. The molecule has 1 aromatic carbocycles. The number of nitrogens with two attached hydrogens (primary N) is 1. The van der Waals surface area contributed by atoms with Crippen molar-refractivity contribution in [3.8, 4) is 5.75 Å². The summed E-state index contributed by atoms with van der Waals surface area (Å²) in [6.45, 7) is 1.99. The Balaban J connectivity index is 2.99. The average Bonchev–Trinajstić information content (AvgIpc) is 2.19. The molecule has 2 N–H and O–H groups in total. The van der Waals surface area contributed by atoms with Crippen LogP contribution in [0.25, 0.3) is 0 Å². The van der Waals surface area contributed by atoms with Crippen LogP contribution < -0.4 is 10.5 Å². The fourth-order valence-corrected chi connectivity index (χ4v) is 2.30. The first-order valence-corrected chi connectivity index (χ1v) is 5.82. The Hall–Kier alpha value is -1.03. The Labute approximate surface area is 86.7 Å². The van der Waals surface area contributed by atoms with Gasteiger partial charge in [-0.3, -0.25) is 4.21 Å². The lowest BCUT2D eigenvalue weighted by Crippen LogP contribution is -2.01. The molecule has 0 fully saturated rings. The van der Waals surface area contributed by atoms with Crippen LogP contribution in [-0.4, -0.2) is 17.1 Å². The third-order valence-corrected chi connectivity index (χ3v) is 3.48. The summed E-state index contributed by atoms with van der Waals surface area (Å²) in [5.74, 6) is 1.33. The topological polar surface area (TPSA) is 52.3 Å². The summed E-state index contributed by atoms with van der Waals surface area (Å²) < 4.78 is 16.8. The molecule has 0 aliphatic carbocycles. The van der Waals surface area contributed by atoms with E-state index in [9.17, 15) is 4.21 Å². The standard InChI is InChI=1S/C10H15NO2S/c1-3-6-14(12)10-7-8(13-2)4-5-9(10)11/h4-5,7H,3,6,11H2,1-2H3. The monoisotopic (exact) mass is 213 g/mol. The zero-order valence-corrected chi connectivity index (χ0v) is 9.26. The Morgan fingerprint density at radius 3 is 2.79 bits per heavy atom. The van der Waals surface area contributed by atoms with Gasteiger partial charge in [-0.25, -0.2) is 0 Å². The van der Waals surface area contributed by atoms with Crippen molar-refractivity contribution in [2.75, 3.05) is 18.6 Å². The molecule has 0 aliphatic heterocycles. The maximum Gasteiger partial charge on any atom is 0.120 e. The number of ether oxygens (including phenoxy) is 1.